The van der Waals surface area contributed by atoms with Crippen molar-refractivity contribution in [1.82, 2.24) is 9.58 Å². The molecule has 1 amide bonds. The van der Waals surface area contributed by atoms with Crippen LogP contribution >= 0.6 is 22.6 Å². The van der Waals surface area contributed by atoms with Gasteiger partial charge in [0.25, 0.3) is 11.5 Å². The fourth-order valence-corrected chi connectivity index (χ4v) is 2.83. The van der Waals surface area contributed by atoms with Crippen molar-refractivity contribution in [3.05, 3.63) is 61.3 Å². The maximum Gasteiger partial charge on any atom is 0.273 e. The average Bonchev–Trinajstić information content (AvgIpc) is 2.47. The zero-order valence-electron chi connectivity index (χ0n) is 11.8. The van der Waals surface area contributed by atoms with Crippen molar-refractivity contribution in [2.45, 2.75) is 6.42 Å². The normalized spacial score (nSPS) is 14.0. The second kappa shape index (κ2) is 5.71. The number of nitrogens with zero attached hydrogens (tertiary/aromatic N) is 2. The zero-order valence-corrected chi connectivity index (χ0v) is 13.9. The Morgan fingerprint density at radius 1 is 1.27 bits per heavy atom. The summed E-state index contributed by atoms with van der Waals surface area (Å²) in [5.41, 5.74) is 4.12. The van der Waals surface area contributed by atoms with Gasteiger partial charge in [-0.25, -0.2) is 4.39 Å². The average molecular weight is 413 g/mol. The Bertz CT molecular complexity index is 819. The smallest absolute Gasteiger partial charge is 0.273 e. The Labute approximate surface area is 139 Å². The van der Waals surface area contributed by atoms with Crippen molar-refractivity contribution in [2.75, 3.05) is 12.0 Å². The highest BCUT2D eigenvalue weighted by atomic mass is 127. The van der Waals surface area contributed by atoms with E-state index in [2.05, 4.69) is 5.43 Å². The molecule has 0 spiro atoms. The number of hydrazine groups is 1. The largest absolute Gasteiger partial charge is 0.318 e. The van der Waals surface area contributed by atoms with Crippen LogP contribution in [0.25, 0.3) is 0 Å². The first-order valence-corrected chi connectivity index (χ1v) is 7.77. The third kappa shape index (κ3) is 2.72. The number of rotatable bonds is 2. The maximum atomic E-state index is 13.9. The van der Waals surface area contributed by atoms with Crippen LogP contribution in [0.3, 0.4) is 0 Å². The van der Waals surface area contributed by atoms with Crippen LogP contribution in [0, 0.1) is 9.39 Å². The van der Waals surface area contributed by atoms with E-state index in [9.17, 15) is 14.0 Å². The monoisotopic (exact) mass is 413 g/mol. The third-order valence-corrected chi connectivity index (χ3v) is 4.25. The maximum absolute atomic E-state index is 13.9. The van der Waals surface area contributed by atoms with Gasteiger partial charge in [-0.05, 0) is 52.8 Å². The molecule has 114 valence electrons. The first-order valence-electron chi connectivity index (χ1n) is 6.69. The van der Waals surface area contributed by atoms with Gasteiger partial charge in [0, 0.05) is 29.4 Å². The number of nitrogens with one attached hydrogen (secondary N) is 1. The molecule has 0 aliphatic carbocycles. The zero-order chi connectivity index (χ0) is 15.9. The van der Waals surface area contributed by atoms with Gasteiger partial charge in [0.2, 0.25) is 0 Å². The van der Waals surface area contributed by atoms with E-state index in [0.717, 1.165) is 9.13 Å². The first-order chi connectivity index (χ1) is 10.5. The van der Waals surface area contributed by atoms with Crippen molar-refractivity contribution < 1.29 is 9.18 Å². The first kappa shape index (κ1) is 15.0. The number of hydrogen-bond donors (Lipinski definition) is 1. The number of aryl methyl sites for hydroxylation is 1. The highest BCUT2D eigenvalue weighted by Gasteiger charge is 2.26. The molecule has 22 heavy (non-hydrogen) atoms. The Morgan fingerprint density at radius 2 is 2.05 bits per heavy atom. The van der Waals surface area contributed by atoms with Crippen molar-refractivity contribution >= 4 is 34.2 Å². The van der Waals surface area contributed by atoms with Crippen molar-refractivity contribution in [3.8, 4) is 0 Å². The molecule has 0 saturated carbocycles. The fraction of sp³-hybridized carbons (Fsp3) is 0.200. The molecule has 0 radical (unpaired) electrons. The second-order valence-corrected chi connectivity index (χ2v) is 6.35. The van der Waals surface area contributed by atoms with Crippen LogP contribution < -0.4 is 11.0 Å². The standard InChI is InChI=1S/C15H13FIN3O2/c1-19-8-11-9(6-14(19)21)4-5-20(15(11)22)18-13-3-2-10(17)7-12(13)16/h2-3,6-8,18H,4-5H2,1H3. The SMILES string of the molecule is Cn1cc2c(cc1=O)CCN(Nc1ccc(I)cc1F)C2=O. The van der Waals surface area contributed by atoms with E-state index in [-0.39, 0.29) is 17.2 Å². The molecule has 0 unspecified atom stereocenters. The molecule has 5 nitrogen and oxygen atoms in total. The number of aromatic nitrogens is 1. The molecule has 2 heterocycles. The van der Waals surface area contributed by atoms with Gasteiger partial charge in [-0.3, -0.25) is 20.0 Å². The quantitative estimate of drug-likeness (QED) is 0.769. The molecule has 1 aliphatic heterocycles. The van der Waals surface area contributed by atoms with E-state index in [4.69, 9.17) is 0 Å². The van der Waals surface area contributed by atoms with Gasteiger partial charge in [0.1, 0.15) is 5.82 Å². The number of anilines is 1. The number of fused-ring (bicyclic) bond motifs is 1. The van der Waals surface area contributed by atoms with Crippen molar-refractivity contribution in [2.24, 2.45) is 7.05 Å². The number of halogens is 2. The fourth-order valence-electron chi connectivity index (χ4n) is 2.38. The Hall–Kier alpha value is -1.90. The Kier molecular flexibility index (Phi) is 3.90. The van der Waals surface area contributed by atoms with E-state index in [1.54, 1.807) is 19.2 Å². The van der Waals surface area contributed by atoms with Gasteiger partial charge < -0.3 is 4.57 Å². The number of hydrogen-bond acceptors (Lipinski definition) is 3. The predicted octanol–water partition coefficient (Wildman–Crippen LogP) is 2.15. The van der Waals surface area contributed by atoms with E-state index in [1.807, 2.05) is 22.6 Å². The number of carbonyl (C=O) groups is 1. The molecule has 1 aromatic heterocycles. The molecule has 1 aromatic carbocycles. The van der Waals surface area contributed by atoms with Crippen molar-refractivity contribution in [1.29, 1.82) is 0 Å². The molecule has 2 aromatic rings. The van der Waals surface area contributed by atoms with E-state index >= 15 is 0 Å². The minimum absolute atomic E-state index is 0.142. The number of pyridine rings is 1. The molecule has 1 N–H and O–H groups in total. The van der Waals surface area contributed by atoms with E-state index < -0.39 is 5.82 Å². The second-order valence-electron chi connectivity index (χ2n) is 5.10. The molecular weight excluding hydrogens is 400 g/mol. The molecule has 0 atom stereocenters. The summed E-state index contributed by atoms with van der Waals surface area (Å²) < 4.78 is 16.0. The van der Waals surface area contributed by atoms with Gasteiger partial charge in [-0.2, -0.15) is 0 Å². The number of amides is 1. The topological polar surface area (TPSA) is 54.3 Å². The summed E-state index contributed by atoms with van der Waals surface area (Å²) in [6, 6.07) is 6.24. The Balaban J connectivity index is 1.89. The molecule has 0 fully saturated rings. The minimum atomic E-state index is -0.411. The summed E-state index contributed by atoms with van der Waals surface area (Å²) in [4.78, 5) is 24.1. The summed E-state index contributed by atoms with van der Waals surface area (Å²) in [5, 5.41) is 1.37. The van der Waals surface area contributed by atoms with Gasteiger partial charge >= 0.3 is 0 Å². The molecule has 1 aliphatic rings. The lowest BCUT2D eigenvalue weighted by Crippen LogP contribution is -2.42. The van der Waals surface area contributed by atoms with E-state index in [1.165, 1.54) is 27.9 Å². The summed E-state index contributed by atoms with van der Waals surface area (Å²) in [6.07, 6.45) is 2.08. The van der Waals surface area contributed by atoms with Gasteiger partial charge in [0.15, 0.2) is 0 Å². The minimum Gasteiger partial charge on any atom is -0.318 e. The van der Waals surface area contributed by atoms with Crippen LogP contribution in [0.1, 0.15) is 15.9 Å². The predicted molar refractivity (Wildman–Crippen MR) is 89.2 cm³/mol. The van der Waals surface area contributed by atoms with Gasteiger partial charge in [-0.15, -0.1) is 0 Å². The van der Waals surface area contributed by atoms with Gasteiger partial charge in [0.05, 0.1) is 11.3 Å². The highest BCUT2D eigenvalue weighted by molar-refractivity contribution is 14.1. The molecule has 0 saturated heterocycles. The number of benzene rings is 1. The van der Waals surface area contributed by atoms with E-state index in [0.29, 0.717) is 18.5 Å². The lowest BCUT2D eigenvalue weighted by molar-refractivity contribution is 0.0777. The third-order valence-electron chi connectivity index (χ3n) is 3.58. The van der Waals surface area contributed by atoms with Crippen molar-refractivity contribution in [3.63, 3.8) is 0 Å². The number of carbonyl (C=O) groups excluding carboxylic acids is 1. The van der Waals surface area contributed by atoms with Crippen LogP contribution in [0.15, 0.2) is 35.3 Å². The highest BCUT2D eigenvalue weighted by Crippen LogP contribution is 2.21. The molecular formula is C15H13FIN3O2. The summed E-state index contributed by atoms with van der Waals surface area (Å²) >= 11 is 2.02. The lowest BCUT2D eigenvalue weighted by Gasteiger charge is -2.29. The summed E-state index contributed by atoms with van der Waals surface area (Å²) in [7, 11) is 1.60. The summed E-state index contributed by atoms with van der Waals surface area (Å²) in [6.45, 7) is 0.379. The summed E-state index contributed by atoms with van der Waals surface area (Å²) in [5.74, 6) is -0.680. The van der Waals surface area contributed by atoms with Crippen LogP contribution in [-0.4, -0.2) is 22.0 Å². The molecule has 0 bridgehead atoms. The van der Waals surface area contributed by atoms with Crippen LogP contribution in [0.5, 0.6) is 0 Å². The lowest BCUT2D eigenvalue weighted by atomic mass is 10.0. The molecule has 7 heteroatoms. The van der Waals surface area contributed by atoms with Crippen LogP contribution in [0.4, 0.5) is 10.1 Å². The van der Waals surface area contributed by atoms with Gasteiger partial charge in [-0.1, -0.05) is 0 Å². The van der Waals surface area contributed by atoms with Crippen LogP contribution in [0.2, 0.25) is 0 Å². The Morgan fingerprint density at radius 3 is 2.77 bits per heavy atom. The molecule has 3 rings (SSSR count). The van der Waals surface area contributed by atoms with Crippen LogP contribution in [-0.2, 0) is 13.5 Å².